The van der Waals surface area contributed by atoms with Crippen LogP contribution in [0.3, 0.4) is 0 Å². The lowest BCUT2D eigenvalue weighted by molar-refractivity contribution is -0.0503. The van der Waals surface area contributed by atoms with Gasteiger partial charge in [-0.15, -0.1) is 0 Å². The Morgan fingerprint density at radius 2 is 1.94 bits per heavy atom. The number of nitrogens with one attached hydrogen (secondary N) is 1. The smallest absolute Gasteiger partial charge is 0.387 e. The normalized spacial score (nSPS) is 10.8. The minimum absolute atomic E-state index is 0.0641. The largest absolute Gasteiger partial charge is 0.435 e. The van der Waals surface area contributed by atoms with E-state index in [1.165, 1.54) is 35.7 Å². The Labute approximate surface area is 176 Å². The van der Waals surface area contributed by atoms with E-state index in [2.05, 4.69) is 25.1 Å². The highest BCUT2D eigenvalue weighted by atomic mass is 19.3. The molecule has 0 saturated carbocycles. The number of alkyl halides is 2. The summed E-state index contributed by atoms with van der Waals surface area (Å²) in [7, 11) is 0. The van der Waals surface area contributed by atoms with E-state index in [9.17, 15) is 13.6 Å². The summed E-state index contributed by atoms with van der Waals surface area (Å²) < 4.78 is 31.7. The van der Waals surface area contributed by atoms with Crippen molar-refractivity contribution in [3.05, 3.63) is 96.2 Å². The zero-order valence-corrected chi connectivity index (χ0v) is 16.2. The number of ether oxygens (including phenoxy) is 1. The Morgan fingerprint density at radius 3 is 2.68 bits per heavy atom. The SMILES string of the molecule is O=C(Nc1ccc(OC(F)F)c(Cc2ccccc2)c1)c1ccnc(-n2cncn2)c1. The molecule has 1 N–H and O–H groups in total. The molecule has 0 atom stereocenters. The molecule has 0 aliphatic carbocycles. The van der Waals surface area contributed by atoms with Crippen molar-refractivity contribution < 1.29 is 18.3 Å². The molecule has 0 bridgehead atoms. The fourth-order valence-corrected chi connectivity index (χ4v) is 3.04. The van der Waals surface area contributed by atoms with Gasteiger partial charge in [-0.2, -0.15) is 13.9 Å². The van der Waals surface area contributed by atoms with Gasteiger partial charge in [-0.05, 0) is 35.9 Å². The maximum absolute atomic E-state index is 12.8. The summed E-state index contributed by atoms with van der Waals surface area (Å²) in [5, 5.41) is 6.77. The standard InChI is InChI=1S/C22H17F2N5O2/c23-22(24)31-19-7-6-18(11-17(19)10-15-4-2-1-3-5-15)28-21(30)16-8-9-26-20(12-16)29-14-25-13-27-29/h1-9,11-14,22H,10H2,(H,28,30). The van der Waals surface area contributed by atoms with E-state index in [1.807, 2.05) is 30.3 Å². The van der Waals surface area contributed by atoms with Gasteiger partial charge >= 0.3 is 6.61 Å². The fourth-order valence-electron chi connectivity index (χ4n) is 3.04. The minimum Gasteiger partial charge on any atom is -0.435 e. The van der Waals surface area contributed by atoms with Gasteiger partial charge < -0.3 is 10.1 Å². The molecule has 156 valence electrons. The summed E-state index contributed by atoms with van der Waals surface area (Å²) in [6.45, 7) is -2.94. The predicted octanol–water partition coefficient (Wildman–Crippen LogP) is 4.11. The van der Waals surface area contributed by atoms with Crippen LogP contribution in [0.4, 0.5) is 14.5 Å². The quantitative estimate of drug-likeness (QED) is 0.486. The number of hydrogen-bond donors (Lipinski definition) is 1. The van der Waals surface area contributed by atoms with Crippen LogP contribution in [0.1, 0.15) is 21.5 Å². The number of rotatable bonds is 7. The molecule has 31 heavy (non-hydrogen) atoms. The number of amides is 1. The van der Waals surface area contributed by atoms with E-state index in [0.29, 0.717) is 29.1 Å². The number of anilines is 1. The average Bonchev–Trinajstić information content (AvgIpc) is 3.31. The lowest BCUT2D eigenvalue weighted by atomic mass is 10.0. The van der Waals surface area contributed by atoms with Crippen molar-refractivity contribution in [1.29, 1.82) is 0 Å². The molecule has 1 amide bonds. The highest BCUT2D eigenvalue weighted by Gasteiger charge is 2.14. The number of carbonyl (C=O) groups excluding carboxylic acids is 1. The van der Waals surface area contributed by atoms with Crippen LogP contribution in [-0.2, 0) is 6.42 Å². The maximum atomic E-state index is 12.8. The van der Waals surface area contributed by atoms with Gasteiger partial charge in [0.2, 0.25) is 0 Å². The molecule has 7 nitrogen and oxygen atoms in total. The van der Waals surface area contributed by atoms with Crippen LogP contribution in [0.2, 0.25) is 0 Å². The Hall–Kier alpha value is -4.14. The highest BCUT2D eigenvalue weighted by molar-refractivity contribution is 6.04. The van der Waals surface area contributed by atoms with Gasteiger partial charge in [-0.25, -0.2) is 14.6 Å². The number of nitrogens with zero attached hydrogens (tertiary/aromatic N) is 4. The summed E-state index contributed by atoms with van der Waals surface area (Å²) in [6, 6.07) is 17.1. The van der Waals surface area contributed by atoms with Crippen molar-refractivity contribution >= 4 is 11.6 Å². The fraction of sp³-hybridized carbons (Fsp3) is 0.0909. The van der Waals surface area contributed by atoms with E-state index in [1.54, 1.807) is 18.2 Å². The molecule has 2 aromatic carbocycles. The van der Waals surface area contributed by atoms with Gasteiger partial charge in [0.1, 0.15) is 18.4 Å². The molecule has 0 saturated heterocycles. The van der Waals surface area contributed by atoms with Crippen LogP contribution in [0.15, 0.2) is 79.5 Å². The average molecular weight is 421 g/mol. The topological polar surface area (TPSA) is 81.9 Å². The second kappa shape index (κ2) is 9.12. The van der Waals surface area contributed by atoms with E-state index < -0.39 is 6.61 Å². The van der Waals surface area contributed by atoms with Crippen LogP contribution >= 0.6 is 0 Å². The minimum atomic E-state index is -2.94. The Kier molecular flexibility index (Phi) is 5.93. The van der Waals surface area contributed by atoms with Gasteiger partial charge in [0, 0.05) is 29.4 Å². The lowest BCUT2D eigenvalue weighted by Gasteiger charge is -2.14. The molecule has 0 unspecified atom stereocenters. The number of halogens is 2. The molecule has 2 aromatic heterocycles. The van der Waals surface area contributed by atoms with Crippen LogP contribution in [0.25, 0.3) is 5.82 Å². The zero-order valence-electron chi connectivity index (χ0n) is 16.2. The highest BCUT2D eigenvalue weighted by Crippen LogP contribution is 2.27. The van der Waals surface area contributed by atoms with E-state index in [0.717, 1.165) is 5.56 Å². The van der Waals surface area contributed by atoms with Crippen molar-refractivity contribution in [2.75, 3.05) is 5.32 Å². The second-order valence-corrected chi connectivity index (χ2v) is 6.56. The van der Waals surface area contributed by atoms with Gasteiger partial charge in [-0.3, -0.25) is 4.79 Å². The van der Waals surface area contributed by atoms with E-state index in [4.69, 9.17) is 0 Å². The van der Waals surface area contributed by atoms with Crippen molar-refractivity contribution in [2.24, 2.45) is 0 Å². The van der Waals surface area contributed by atoms with E-state index >= 15 is 0 Å². The van der Waals surface area contributed by atoms with Gasteiger partial charge in [-0.1, -0.05) is 30.3 Å². The third-order valence-corrected chi connectivity index (χ3v) is 4.43. The first-order valence-corrected chi connectivity index (χ1v) is 9.32. The number of carbonyl (C=O) groups is 1. The van der Waals surface area contributed by atoms with Gasteiger partial charge in [0.25, 0.3) is 5.91 Å². The first-order valence-electron chi connectivity index (χ1n) is 9.32. The molecular formula is C22H17F2N5O2. The van der Waals surface area contributed by atoms with Crippen LogP contribution in [0.5, 0.6) is 5.75 Å². The number of hydrogen-bond acceptors (Lipinski definition) is 5. The number of benzene rings is 2. The Morgan fingerprint density at radius 1 is 1.10 bits per heavy atom. The van der Waals surface area contributed by atoms with Crippen molar-refractivity contribution in [2.45, 2.75) is 13.0 Å². The molecular weight excluding hydrogens is 404 g/mol. The molecule has 0 fully saturated rings. The molecule has 0 aliphatic rings. The number of pyridine rings is 1. The third kappa shape index (κ3) is 5.08. The molecule has 0 radical (unpaired) electrons. The second-order valence-electron chi connectivity index (χ2n) is 6.56. The monoisotopic (exact) mass is 421 g/mol. The summed E-state index contributed by atoms with van der Waals surface area (Å²) >= 11 is 0. The van der Waals surface area contributed by atoms with Crippen molar-refractivity contribution in [3.63, 3.8) is 0 Å². The predicted molar refractivity (Wildman–Crippen MR) is 109 cm³/mol. The van der Waals surface area contributed by atoms with Crippen molar-refractivity contribution in [3.8, 4) is 11.6 Å². The Balaban J connectivity index is 1.57. The maximum Gasteiger partial charge on any atom is 0.387 e. The summed E-state index contributed by atoms with van der Waals surface area (Å²) in [5.41, 5.74) is 2.27. The molecule has 4 aromatic rings. The third-order valence-electron chi connectivity index (χ3n) is 4.43. The molecule has 2 heterocycles. The van der Waals surface area contributed by atoms with Crippen LogP contribution < -0.4 is 10.1 Å². The first-order chi connectivity index (χ1) is 15.1. The van der Waals surface area contributed by atoms with Crippen LogP contribution in [0, 0.1) is 0 Å². The van der Waals surface area contributed by atoms with E-state index in [-0.39, 0.29) is 11.7 Å². The number of aromatic nitrogens is 4. The molecule has 9 heteroatoms. The van der Waals surface area contributed by atoms with Gasteiger partial charge in [0.15, 0.2) is 5.82 Å². The summed E-state index contributed by atoms with van der Waals surface area (Å²) in [4.78, 5) is 20.8. The molecule has 0 spiro atoms. The molecule has 4 rings (SSSR count). The summed E-state index contributed by atoms with van der Waals surface area (Å²) in [5.74, 6) is 0.127. The first kappa shape index (κ1) is 20.1. The zero-order chi connectivity index (χ0) is 21.6. The Bertz CT molecular complexity index is 1170. The summed E-state index contributed by atoms with van der Waals surface area (Å²) in [6.07, 6.45) is 4.71. The van der Waals surface area contributed by atoms with Crippen molar-refractivity contribution in [1.82, 2.24) is 19.7 Å². The van der Waals surface area contributed by atoms with Crippen LogP contribution in [-0.4, -0.2) is 32.3 Å². The lowest BCUT2D eigenvalue weighted by Crippen LogP contribution is -2.13. The van der Waals surface area contributed by atoms with Gasteiger partial charge in [0.05, 0.1) is 0 Å². The molecule has 0 aliphatic heterocycles.